The molecule has 1 aromatic rings. The highest BCUT2D eigenvalue weighted by Gasteiger charge is 2.23. The zero-order chi connectivity index (χ0) is 12.3. The van der Waals surface area contributed by atoms with Crippen LogP contribution in [0.5, 0.6) is 0 Å². The van der Waals surface area contributed by atoms with E-state index in [-0.39, 0.29) is 0 Å². The average molecular weight is 318 g/mol. The van der Waals surface area contributed by atoms with E-state index in [1.54, 1.807) is 0 Å². The largest absolute Gasteiger partial charge is 0.353 e. The van der Waals surface area contributed by atoms with Crippen molar-refractivity contribution in [1.82, 2.24) is 4.98 Å². The first kappa shape index (κ1) is 13.2. The van der Waals surface area contributed by atoms with E-state index < -0.39 is 0 Å². The predicted molar refractivity (Wildman–Crippen MR) is 76.8 cm³/mol. The molecule has 1 unspecified atom stereocenters. The van der Waals surface area contributed by atoms with E-state index in [1.165, 1.54) is 25.7 Å². The maximum absolute atomic E-state index is 6.03. The first-order chi connectivity index (χ1) is 8.26. The number of hydrogen-bond acceptors (Lipinski definition) is 2. The Hall–Kier alpha value is -0.280. The minimum absolute atomic E-state index is 0.523. The van der Waals surface area contributed by atoms with Crippen LogP contribution in [0.4, 0.5) is 5.82 Å². The van der Waals surface area contributed by atoms with Gasteiger partial charge in [0.05, 0.1) is 5.88 Å². The van der Waals surface area contributed by atoms with Crippen molar-refractivity contribution < 1.29 is 0 Å². The summed E-state index contributed by atoms with van der Waals surface area (Å²) in [6, 6.07) is 2.70. The first-order valence-corrected chi connectivity index (χ1v) is 7.56. The Morgan fingerprint density at radius 2 is 2.35 bits per heavy atom. The monoisotopic (exact) mass is 316 g/mol. The second kappa shape index (κ2) is 6.05. The fraction of sp³-hybridized carbons (Fsp3) is 0.615. The van der Waals surface area contributed by atoms with Crippen LogP contribution in [0, 0.1) is 0 Å². The highest BCUT2D eigenvalue weighted by Crippen LogP contribution is 2.29. The number of rotatable bonds is 3. The lowest BCUT2D eigenvalue weighted by molar-refractivity contribution is 0.446. The van der Waals surface area contributed by atoms with E-state index in [9.17, 15) is 0 Å². The third-order valence-electron chi connectivity index (χ3n) is 3.42. The molecule has 4 heteroatoms. The van der Waals surface area contributed by atoms with Gasteiger partial charge in [0.2, 0.25) is 0 Å². The van der Waals surface area contributed by atoms with Crippen molar-refractivity contribution in [3.63, 3.8) is 0 Å². The number of piperidine rings is 1. The van der Waals surface area contributed by atoms with Gasteiger partial charge in [0.1, 0.15) is 5.82 Å². The van der Waals surface area contributed by atoms with Crippen LogP contribution in [0.15, 0.2) is 16.7 Å². The first-order valence-electron chi connectivity index (χ1n) is 6.23. The molecule has 0 spiro atoms. The third kappa shape index (κ3) is 2.94. The van der Waals surface area contributed by atoms with Crippen LogP contribution in [0.3, 0.4) is 0 Å². The molecule has 0 N–H and O–H groups in total. The summed E-state index contributed by atoms with van der Waals surface area (Å²) in [4.78, 5) is 7.00. The van der Waals surface area contributed by atoms with Crippen LogP contribution in [-0.4, -0.2) is 17.6 Å². The summed E-state index contributed by atoms with van der Waals surface area (Å²) >= 11 is 9.48. The lowest BCUT2D eigenvalue weighted by atomic mass is 9.99. The van der Waals surface area contributed by atoms with Gasteiger partial charge in [-0.3, -0.25) is 0 Å². The molecule has 0 aromatic carbocycles. The van der Waals surface area contributed by atoms with Crippen LogP contribution >= 0.6 is 27.5 Å². The molecule has 1 aliphatic heterocycles. The molecule has 1 saturated heterocycles. The maximum atomic E-state index is 6.03. The van der Waals surface area contributed by atoms with Crippen molar-refractivity contribution in [3.8, 4) is 0 Å². The normalized spacial score (nSPS) is 20.6. The molecule has 2 heterocycles. The second-order valence-corrected chi connectivity index (χ2v) is 5.70. The highest BCUT2D eigenvalue weighted by molar-refractivity contribution is 9.10. The molecule has 17 heavy (non-hydrogen) atoms. The van der Waals surface area contributed by atoms with Gasteiger partial charge in [-0.1, -0.05) is 6.92 Å². The Kier molecular flexibility index (Phi) is 4.69. The van der Waals surface area contributed by atoms with Gasteiger partial charge in [-0.2, -0.15) is 0 Å². The number of anilines is 1. The van der Waals surface area contributed by atoms with Crippen LogP contribution < -0.4 is 4.90 Å². The fourth-order valence-electron chi connectivity index (χ4n) is 2.53. The molecule has 1 aromatic heterocycles. The van der Waals surface area contributed by atoms with Crippen molar-refractivity contribution in [3.05, 3.63) is 22.3 Å². The lowest BCUT2D eigenvalue weighted by Crippen LogP contribution is -2.40. The molecule has 1 aliphatic rings. The number of aromatic nitrogens is 1. The van der Waals surface area contributed by atoms with Crippen LogP contribution in [-0.2, 0) is 5.88 Å². The molecule has 1 fully saturated rings. The summed E-state index contributed by atoms with van der Waals surface area (Å²) in [6.07, 6.45) is 6.92. The number of alkyl halides is 1. The molecule has 0 radical (unpaired) electrons. The zero-order valence-corrected chi connectivity index (χ0v) is 12.5. The molecule has 2 nitrogen and oxygen atoms in total. The summed E-state index contributed by atoms with van der Waals surface area (Å²) in [5, 5.41) is 0. The van der Waals surface area contributed by atoms with E-state index in [1.807, 2.05) is 6.20 Å². The summed E-state index contributed by atoms with van der Waals surface area (Å²) < 4.78 is 1.00. The summed E-state index contributed by atoms with van der Waals surface area (Å²) in [7, 11) is 0. The Balaban J connectivity index is 2.30. The number of hydrogen-bond donors (Lipinski definition) is 0. The van der Waals surface area contributed by atoms with Gasteiger partial charge in [-0.15, -0.1) is 11.6 Å². The van der Waals surface area contributed by atoms with Crippen LogP contribution in [0.1, 0.15) is 38.2 Å². The Labute approximate surface area is 116 Å². The van der Waals surface area contributed by atoms with E-state index in [4.69, 9.17) is 11.6 Å². The molecule has 0 bridgehead atoms. The minimum atomic E-state index is 0.523. The topological polar surface area (TPSA) is 16.1 Å². The smallest absolute Gasteiger partial charge is 0.133 e. The molecule has 1 atom stereocenters. The van der Waals surface area contributed by atoms with Gasteiger partial charge in [0.25, 0.3) is 0 Å². The van der Waals surface area contributed by atoms with Gasteiger partial charge >= 0.3 is 0 Å². The summed E-state index contributed by atoms with van der Waals surface area (Å²) in [5.74, 6) is 1.60. The van der Waals surface area contributed by atoms with Crippen molar-refractivity contribution >= 4 is 33.3 Å². The fourth-order valence-corrected chi connectivity index (χ4v) is 3.11. The van der Waals surface area contributed by atoms with Crippen molar-refractivity contribution in [2.75, 3.05) is 11.4 Å². The SMILES string of the molecule is CCC1CCCCN1c1ncc(Br)cc1CCl. The van der Waals surface area contributed by atoms with Crippen molar-refractivity contribution in [1.29, 1.82) is 0 Å². The molecule has 0 saturated carbocycles. The van der Waals surface area contributed by atoms with Crippen LogP contribution in [0.2, 0.25) is 0 Å². The molecular formula is C13H18BrClN2. The van der Waals surface area contributed by atoms with E-state index in [0.29, 0.717) is 11.9 Å². The van der Waals surface area contributed by atoms with Gasteiger partial charge in [0, 0.05) is 28.8 Å². The summed E-state index contributed by atoms with van der Waals surface area (Å²) in [6.45, 7) is 3.36. The standard InChI is InChI=1S/C13H18BrClN2/c1-2-12-5-3-4-6-17(12)13-10(8-15)7-11(14)9-16-13/h7,9,12H,2-6,8H2,1H3. The summed E-state index contributed by atoms with van der Waals surface area (Å²) in [5.41, 5.74) is 1.13. The maximum Gasteiger partial charge on any atom is 0.133 e. The molecule has 0 aliphatic carbocycles. The molecule has 2 rings (SSSR count). The highest BCUT2D eigenvalue weighted by atomic mass is 79.9. The van der Waals surface area contributed by atoms with E-state index in [0.717, 1.165) is 22.4 Å². The molecule has 0 amide bonds. The van der Waals surface area contributed by atoms with Gasteiger partial charge < -0.3 is 4.90 Å². The average Bonchev–Trinajstić information content (AvgIpc) is 2.38. The Morgan fingerprint density at radius 3 is 3.06 bits per heavy atom. The van der Waals surface area contributed by atoms with E-state index in [2.05, 4.69) is 38.8 Å². The number of halogens is 2. The van der Waals surface area contributed by atoms with Crippen molar-refractivity contribution in [2.45, 2.75) is 44.5 Å². The van der Waals surface area contributed by atoms with Crippen molar-refractivity contribution in [2.24, 2.45) is 0 Å². The van der Waals surface area contributed by atoms with Crippen LogP contribution in [0.25, 0.3) is 0 Å². The second-order valence-electron chi connectivity index (χ2n) is 4.52. The van der Waals surface area contributed by atoms with E-state index >= 15 is 0 Å². The molecule has 94 valence electrons. The number of pyridine rings is 1. The Bertz CT molecular complexity index is 384. The minimum Gasteiger partial charge on any atom is -0.353 e. The van der Waals surface area contributed by atoms with Gasteiger partial charge in [-0.25, -0.2) is 4.98 Å². The molecular weight excluding hydrogens is 300 g/mol. The third-order valence-corrected chi connectivity index (χ3v) is 4.15. The zero-order valence-electron chi connectivity index (χ0n) is 10.1. The quantitative estimate of drug-likeness (QED) is 0.770. The van der Waals surface area contributed by atoms with Gasteiger partial charge in [0.15, 0.2) is 0 Å². The lowest BCUT2D eigenvalue weighted by Gasteiger charge is -2.37. The number of nitrogens with zero attached hydrogens (tertiary/aromatic N) is 2. The Morgan fingerprint density at radius 1 is 1.53 bits per heavy atom. The predicted octanol–water partition coefficient (Wildman–Crippen LogP) is 4.35. The van der Waals surface area contributed by atoms with Gasteiger partial charge in [-0.05, 0) is 47.7 Å².